The molecule has 2 aromatic carbocycles. The Hall–Kier alpha value is -3.17. The molecule has 9 heteroatoms. The number of aromatic nitrogens is 1. The Morgan fingerprint density at radius 1 is 1.00 bits per heavy atom. The molecule has 3 rings (SSSR count). The van der Waals surface area contributed by atoms with Crippen LogP contribution in [0.2, 0.25) is 0 Å². The van der Waals surface area contributed by atoms with Crippen LogP contribution < -0.4 is 16.0 Å². The van der Waals surface area contributed by atoms with E-state index in [0.29, 0.717) is 16.5 Å². The van der Waals surface area contributed by atoms with Gasteiger partial charge in [0.25, 0.3) is 11.8 Å². The first kappa shape index (κ1) is 17.6. The Morgan fingerprint density at radius 3 is 2.35 bits per heavy atom. The first-order valence-electron chi connectivity index (χ1n) is 7.57. The second-order valence-corrected chi connectivity index (χ2v) is 7.24. The van der Waals surface area contributed by atoms with Crippen molar-refractivity contribution in [2.75, 3.05) is 0 Å². The van der Waals surface area contributed by atoms with Gasteiger partial charge in [0.1, 0.15) is 0 Å². The van der Waals surface area contributed by atoms with E-state index in [4.69, 9.17) is 5.14 Å². The SMILES string of the molecule is Cc1ccc(S(N)(=O)=O)cc1C(=O)NNC(=O)c1c[nH]c2ccccc12. The van der Waals surface area contributed by atoms with Crippen LogP contribution in [0.25, 0.3) is 10.9 Å². The molecule has 1 heterocycles. The van der Waals surface area contributed by atoms with E-state index >= 15 is 0 Å². The van der Waals surface area contributed by atoms with Crippen molar-refractivity contribution in [3.63, 3.8) is 0 Å². The van der Waals surface area contributed by atoms with Crippen LogP contribution in [-0.2, 0) is 10.0 Å². The van der Waals surface area contributed by atoms with Crippen LogP contribution in [0.3, 0.4) is 0 Å². The van der Waals surface area contributed by atoms with Crippen LogP contribution in [0.4, 0.5) is 0 Å². The molecule has 1 aromatic heterocycles. The third-order valence-corrected chi connectivity index (χ3v) is 4.82. The Morgan fingerprint density at radius 2 is 1.65 bits per heavy atom. The average molecular weight is 372 g/mol. The third kappa shape index (κ3) is 3.44. The fraction of sp³-hybridized carbons (Fsp3) is 0.0588. The lowest BCUT2D eigenvalue weighted by Gasteiger charge is -2.10. The van der Waals surface area contributed by atoms with Gasteiger partial charge in [-0.05, 0) is 30.7 Å². The van der Waals surface area contributed by atoms with Crippen molar-refractivity contribution in [1.82, 2.24) is 15.8 Å². The fourth-order valence-electron chi connectivity index (χ4n) is 2.53. The summed E-state index contributed by atoms with van der Waals surface area (Å²) in [6.45, 7) is 1.64. The number of carbonyl (C=O) groups excluding carboxylic acids is 2. The van der Waals surface area contributed by atoms with Crippen LogP contribution in [0, 0.1) is 6.92 Å². The second-order valence-electron chi connectivity index (χ2n) is 5.68. The Bertz CT molecular complexity index is 1120. The molecule has 134 valence electrons. The number of benzene rings is 2. The number of aryl methyl sites for hydroxylation is 1. The number of nitrogens with one attached hydrogen (secondary N) is 3. The normalized spacial score (nSPS) is 11.3. The molecule has 0 fully saturated rings. The lowest BCUT2D eigenvalue weighted by atomic mass is 10.1. The topological polar surface area (TPSA) is 134 Å². The molecule has 0 aliphatic rings. The number of H-pyrrole nitrogens is 1. The Balaban J connectivity index is 1.78. The number of hydrogen-bond acceptors (Lipinski definition) is 4. The van der Waals surface area contributed by atoms with Crippen LogP contribution in [0.15, 0.2) is 53.6 Å². The van der Waals surface area contributed by atoms with E-state index in [1.807, 2.05) is 12.1 Å². The molecule has 5 N–H and O–H groups in total. The van der Waals surface area contributed by atoms with E-state index in [1.165, 1.54) is 12.1 Å². The van der Waals surface area contributed by atoms with E-state index in [1.54, 1.807) is 25.3 Å². The van der Waals surface area contributed by atoms with E-state index < -0.39 is 21.8 Å². The molecule has 3 aromatic rings. The van der Waals surface area contributed by atoms with Crippen molar-refractivity contribution in [1.29, 1.82) is 0 Å². The van der Waals surface area contributed by atoms with Gasteiger partial charge in [-0.1, -0.05) is 24.3 Å². The molecule has 0 bridgehead atoms. The first-order valence-corrected chi connectivity index (χ1v) is 9.12. The first-order chi connectivity index (χ1) is 12.3. The summed E-state index contributed by atoms with van der Waals surface area (Å²) in [5.41, 5.74) is 6.40. The summed E-state index contributed by atoms with van der Waals surface area (Å²) in [6.07, 6.45) is 1.54. The maximum atomic E-state index is 12.3. The van der Waals surface area contributed by atoms with Gasteiger partial charge < -0.3 is 4.98 Å². The van der Waals surface area contributed by atoms with Gasteiger partial charge in [-0.3, -0.25) is 20.4 Å². The van der Waals surface area contributed by atoms with Gasteiger partial charge in [0, 0.05) is 22.7 Å². The number of para-hydroxylation sites is 1. The largest absolute Gasteiger partial charge is 0.360 e. The summed E-state index contributed by atoms with van der Waals surface area (Å²) in [4.78, 5) is 27.4. The predicted octanol–water partition coefficient (Wildman–Crippen LogP) is 1.20. The quantitative estimate of drug-likeness (QED) is 0.514. The minimum absolute atomic E-state index is 0.0933. The molecule has 0 saturated heterocycles. The number of rotatable bonds is 3. The standard InChI is InChI=1S/C17H16N4O4S/c1-10-6-7-11(26(18,24)25)8-13(10)16(22)20-21-17(23)14-9-19-15-5-3-2-4-12(14)15/h2-9,19H,1H3,(H,20,22)(H,21,23)(H2,18,24,25). The molecular weight excluding hydrogens is 356 g/mol. The average Bonchev–Trinajstić information content (AvgIpc) is 3.03. The highest BCUT2D eigenvalue weighted by atomic mass is 32.2. The molecule has 0 aliphatic heterocycles. The van der Waals surface area contributed by atoms with Crippen LogP contribution in [0.1, 0.15) is 26.3 Å². The number of hydrazine groups is 1. The maximum absolute atomic E-state index is 12.3. The number of hydrogen-bond donors (Lipinski definition) is 4. The smallest absolute Gasteiger partial charge is 0.271 e. The van der Waals surface area contributed by atoms with E-state index in [-0.39, 0.29) is 10.5 Å². The second kappa shape index (κ2) is 6.62. The summed E-state index contributed by atoms with van der Waals surface area (Å²) in [6, 6.07) is 11.2. The molecule has 2 amide bonds. The van der Waals surface area contributed by atoms with Gasteiger partial charge in [-0.2, -0.15) is 0 Å². The van der Waals surface area contributed by atoms with Crippen molar-refractivity contribution in [3.05, 3.63) is 65.4 Å². The summed E-state index contributed by atoms with van der Waals surface area (Å²) in [7, 11) is -3.94. The zero-order valence-electron chi connectivity index (χ0n) is 13.7. The molecular formula is C17H16N4O4S. The van der Waals surface area contributed by atoms with Crippen molar-refractivity contribution in [2.45, 2.75) is 11.8 Å². The number of carbonyl (C=O) groups is 2. The molecule has 0 atom stereocenters. The lowest BCUT2D eigenvalue weighted by Crippen LogP contribution is -2.41. The lowest BCUT2D eigenvalue weighted by molar-refractivity contribution is 0.0847. The molecule has 0 radical (unpaired) electrons. The summed E-state index contributed by atoms with van der Waals surface area (Å²) < 4.78 is 22.9. The minimum Gasteiger partial charge on any atom is -0.360 e. The number of fused-ring (bicyclic) bond motifs is 1. The zero-order chi connectivity index (χ0) is 18.9. The maximum Gasteiger partial charge on any atom is 0.271 e. The molecule has 0 unspecified atom stereocenters. The van der Waals surface area contributed by atoms with Crippen LogP contribution in [0.5, 0.6) is 0 Å². The van der Waals surface area contributed by atoms with Crippen LogP contribution >= 0.6 is 0 Å². The number of nitrogens with two attached hydrogens (primary N) is 1. The van der Waals surface area contributed by atoms with Gasteiger partial charge in [-0.15, -0.1) is 0 Å². The van der Waals surface area contributed by atoms with Gasteiger partial charge in [0.05, 0.1) is 10.5 Å². The minimum atomic E-state index is -3.94. The van der Waals surface area contributed by atoms with E-state index in [0.717, 1.165) is 11.6 Å². The van der Waals surface area contributed by atoms with Gasteiger partial charge in [0.2, 0.25) is 10.0 Å². The molecule has 0 saturated carbocycles. The number of primary sulfonamides is 1. The highest BCUT2D eigenvalue weighted by Gasteiger charge is 2.17. The summed E-state index contributed by atoms with van der Waals surface area (Å²) >= 11 is 0. The summed E-state index contributed by atoms with van der Waals surface area (Å²) in [5.74, 6) is -1.16. The van der Waals surface area contributed by atoms with E-state index in [2.05, 4.69) is 15.8 Å². The van der Waals surface area contributed by atoms with Gasteiger partial charge in [-0.25, -0.2) is 13.6 Å². The highest BCUT2D eigenvalue weighted by molar-refractivity contribution is 7.89. The molecule has 26 heavy (non-hydrogen) atoms. The number of amides is 2. The van der Waals surface area contributed by atoms with Crippen molar-refractivity contribution in [3.8, 4) is 0 Å². The van der Waals surface area contributed by atoms with Crippen molar-refractivity contribution < 1.29 is 18.0 Å². The molecule has 0 spiro atoms. The molecule has 8 nitrogen and oxygen atoms in total. The van der Waals surface area contributed by atoms with E-state index in [9.17, 15) is 18.0 Å². The monoisotopic (exact) mass is 372 g/mol. The number of sulfonamides is 1. The van der Waals surface area contributed by atoms with Gasteiger partial charge in [0.15, 0.2) is 0 Å². The number of aromatic amines is 1. The van der Waals surface area contributed by atoms with Crippen molar-refractivity contribution >= 4 is 32.7 Å². The highest BCUT2D eigenvalue weighted by Crippen LogP contribution is 2.17. The van der Waals surface area contributed by atoms with Crippen LogP contribution in [-0.4, -0.2) is 25.2 Å². The van der Waals surface area contributed by atoms with Gasteiger partial charge >= 0.3 is 0 Å². The fourth-order valence-corrected chi connectivity index (χ4v) is 3.07. The Kier molecular flexibility index (Phi) is 4.49. The zero-order valence-corrected chi connectivity index (χ0v) is 14.6. The summed E-state index contributed by atoms with van der Waals surface area (Å²) in [5, 5.41) is 5.80. The Labute approximate surface area is 149 Å². The third-order valence-electron chi connectivity index (χ3n) is 3.91. The predicted molar refractivity (Wildman–Crippen MR) is 95.8 cm³/mol. The molecule has 0 aliphatic carbocycles. The van der Waals surface area contributed by atoms with Crippen molar-refractivity contribution in [2.24, 2.45) is 5.14 Å².